The Morgan fingerprint density at radius 3 is 2.74 bits per heavy atom. The second-order valence-electron chi connectivity index (χ2n) is 5.50. The number of rotatable bonds is 7. The number of nitrogens with one attached hydrogen (secondary N) is 2. The molecule has 0 aliphatic carbocycles. The number of carbonyl (C=O) groups excluding carboxylic acids is 1. The average Bonchev–Trinajstić information content (AvgIpc) is 2.79. The van der Waals surface area contributed by atoms with Gasteiger partial charge in [-0.25, -0.2) is 4.79 Å². The molecular formula is C13H24N2O3S. The first-order valence-corrected chi connectivity index (χ1v) is 7.77. The summed E-state index contributed by atoms with van der Waals surface area (Å²) >= 11 is 1.91. The van der Waals surface area contributed by atoms with E-state index >= 15 is 0 Å². The third-order valence-electron chi connectivity index (χ3n) is 3.39. The van der Waals surface area contributed by atoms with E-state index < -0.39 is 5.97 Å². The number of carbonyl (C=O) groups is 2. The third kappa shape index (κ3) is 6.71. The Labute approximate surface area is 118 Å². The van der Waals surface area contributed by atoms with Crippen LogP contribution in [0.15, 0.2) is 0 Å². The summed E-state index contributed by atoms with van der Waals surface area (Å²) in [6, 6.07) is -0.157. The smallest absolute Gasteiger partial charge is 0.314 e. The van der Waals surface area contributed by atoms with Crippen LogP contribution in [-0.2, 0) is 4.79 Å². The van der Waals surface area contributed by atoms with Crippen molar-refractivity contribution in [3.8, 4) is 0 Å². The zero-order valence-electron chi connectivity index (χ0n) is 11.7. The van der Waals surface area contributed by atoms with E-state index in [1.54, 1.807) is 0 Å². The minimum absolute atomic E-state index is 0.152. The number of carboxylic acid groups (broad SMARTS) is 1. The van der Waals surface area contributed by atoms with Crippen LogP contribution in [0.4, 0.5) is 4.79 Å². The van der Waals surface area contributed by atoms with Gasteiger partial charge in [-0.15, -0.1) is 0 Å². The first-order chi connectivity index (χ1) is 8.91. The molecule has 0 aromatic heterocycles. The van der Waals surface area contributed by atoms with Gasteiger partial charge in [-0.3, -0.25) is 4.79 Å². The molecule has 1 fully saturated rings. The molecule has 0 radical (unpaired) electrons. The summed E-state index contributed by atoms with van der Waals surface area (Å²) in [5.74, 6) is 0.562. The maximum atomic E-state index is 11.6. The van der Waals surface area contributed by atoms with Crippen LogP contribution in [0.1, 0.15) is 39.5 Å². The summed E-state index contributed by atoms with van der Waals surface area (Å²) < 4.78 is 0.173. The zero-order valence-corrected chi connectivity index (χ0v) is 12.5. The fourth-order valence-corrected chi connectivity index (χ4v) is 3.29. The van der Waals surface area contributed by atoms with E-state index in [4.69, 9.17) is 5.11 Å². The highest BCUT2D eigenvalue weighted by molar-refractivity contribution is 8.00. The van der Waals surface area contributed by atoms with Gasteiger partial charge in [0.1, 0.15) is 0 Å². The summed E-state index contributed by atoms with van der Waals surface area (Å²) in [6.45, 7) is 5.33. The summed E-state index contributed by atoms with van der Waals surface area (Å²) in [5.41, 5.74) is 0. The van der Waals surface area contributed by atoms with Crippen molar-refractivity contribution in [1.82, 2.24) is 10.6 Å². The molecule has 0 bridgehead atoms. The van der Waals surface area contributed by atoms with Crippen molar-refractivity contribution in [3.05, 3.63) is 0 Å². The molecule has 2 unspecified atom stereocenters. The Hall–Kier alpha value is -0.910. The zero-order chi connectivity index (χ0) is 14.3. The number of hydrogen-bond acceptors (Lipinski definition) is 3. The van der Waals surface area contributed by atoms with E-state index in [1.165, 1.54) is 12.2 Å². The third-order valence-corrected chi connectivity index (χ3v) is 4.92. The lowest BCUT2D eigenvalue weighted by Crippen LogP contribution is -2.43. The summed E-state index contributed by atoms with van der Waals surface area (Å²) in [7, 11) is 0. The number of hydrogen-bond donors (Lipinski definition) is 3. The summed E-state index contributed by atoms with van der Waals surface area (Å²) in [4.78, 5) is 22.1. The highest BCUT2D eigenvalue weighted by Gasteiger charge is 2.29. The maximum absolute atomic E-state index is 11.6. The Balaban J connectivity index is 2.12. The number of aliphatic carboxylic acids is 1. The summed E-state index contributed by atoms with van der Waals surface area (Å²) in [5, 5.41) is 14.3. The van der Waals surface area contributed by atoms with Gasteiger partial charge < -0.3 is 15.7 Å². The molecule has 1 aliphatic heterocycles. The quantitative estimate of drug-likeness (QED) is 0.670. The highest BCUT2D eigenvalue weighted by atomic mass is 32.2. The van der Waals surface area contributed by atoms with Crippen molar-refractivity contribution in [2.45, 2.75) is 44.3 Å². The molecule has 6 heteroatoms. The largest absolute Gasteiger partial charge is 0.481 e. The second kappa shape index (κ2) is 7.62. The van der Waals surface area contributed by atoms with Crippen LogP contribution in [0, 0.1) is 5.92 Å². The second-order valence-corrected chi connectivity index (χ2v) is 7.19. The molecule has 2 amide bonds. The number of urea groups is 1. The fourth-order valence-electron chi connectivity index (χ4n) is 2.04. The molecule has 19 heavy (non-hydrogen) atoms. The monoisotopic (exact) mass is 288 g/mol. The molecule has 1 rings (SSSR count). The van der Waals surface area contributed by atoms with Crippen LogP contribution in [-0.4, -0.2) is 40.7 Å². The molecule has 0 aromatic rings. The van der Waals surface area contributed by atoms with Crippen LogP contribution in [0.2, 0.25) is 0 Å². The predicted octanol–water partition coefficient (Wildman–Crippen LogP) is 2.07. The van der Waals surface area contributed by atoms with E-state index in [9.17, 15) is 9.59 Å². The van der Waals surface area contributed by atoms with Gasteiger partial charge in [-0.05, 0) is 37.9 Å². The van der Waals surface area contributed by atoms with Crippen LogP contribution >= 0.6 is 11.8 Å². The average molecular weight is 288 g/mol. The van der Waals surface area contributed by atoms with Gasteiger partial charge in [-0.2, -0.15) is 11.8 Å². The summed E-state index contributed by atoms with van der Waals surface area (Å²) in [6.07, 6.45) is 3.10. The van der Waals surface area contributed by atoms with Crippen molar-refractivity contribution in [1.29, 1.82) is 0 Å². The molecular weight excluding hydrogens is 264 g/mol. The molecule has 110 valence electrons. The minimum Gasteiger partial charge on any atom is -0.481 e. The van der Waals surface area contributed by atoms with Gasteiger partial charge >= 0.3 is 12.0 Å². The van der Waals surface area contributed by atoms with E-state index in [2.05, 4.69) is 17.6 Å². The number of carboxylic acids is 1. The van der Waals surface area contributed by atoms with Crippen LogP contribution < -0.4 is 10.6 Å². The molecule has 0 spiro atoms. The van der Waals surface area contributed by atoms with E-state index in [-0.39, 0.29) is 23.1 Å². The number of amides is 2. The van der Waals surface area contributed by atoms with Crippen LogP contribution in [0.3, 0.4) is 0 Å². The van der Waals surface area contributed by atoms with Gasteiger partial charge in [-0.1, -0.05) is 6.92 Å². The molecule has 3 N–H and O–H groups in total. The molecule has 1 aliphatic rings. The van der Waals surface area contributed by atoms with Crippen LogP contribution in [0.5, 0.6) is 0 Å². The molecule has 5 nitrogen and oxygen atoms in total. The van der Waals surface area contributed by atoms with Gasteiger partial charge in [0.05, 0.1) is 0 Å². The Morgan fingerprint density at radius 1 is 1.42 bits per heavy atom. The topological polar surface area (TPSA) is 78.4 Å². The Kier molecular flexibility index (Phi) is 6.48. The van der Waals surface area contributed by atoms with E-state index in [1.807, 2.05) is 18.7 Å². The number of thioether (sulfide) groups is 1. The molecule has 1 saturated heterocycles. The van der Waals surface area contributed by atoms with Crippen molar-refractivity contribution >= 4 is 23.8 Å². The maximum Gasteiger partial charge on any atom is 0.314 e. The molecule has 1 heterocycles. The first kappa shape index (κ1) is 16.1. The SMILES string of the molecule is CC(CCC(=O)O)CNC(=O)NCC1(C)CCCS1. The van der Waals surface area contributed by atoms with Crippen molar-refractivity contribution in [2.24, 2.45) is 5.92 Å². The standard InChI is InChI=1S/C13H24N2O3S/c1-10(4-5-11(16)17)8-14-12(18)15-9-13(2)6-3-7-19-13/h10H,3-9H2,1-2H3,(H,16,17)(H2,14,15,18). The van der Waals surface area contributed by atoms with Gasteiger partial charge in [0.25, 0.3) is 0 Å². The first-order valence-electron chi connectivity index (χ1n) is 6.79. The van der Waals surface area contributed by atoms with Crippen molar-refractivity contribution in [2.75, 3.05) is 18.8 Å². The lowest BCUT2D eigenvalue weighted by Gasteiger charge is -2.23. The van der Waals surface area contributed by atoms with Gasteiger partial charge in [0.2, 0.25) is 0 Å². The lowest BCUT2D eigenvalue weighted by atomic mass is 10.1. The van der Waals surface area contributed by atoms with E-state index in [0.29, 0.717) is 19.5 Å². The van der Waals surface area contributed by atoms with Crippen LogP contribution in [0.25, 0.3) is 0 Å². The Bertz CT molecular complexity index is 317. The lowest BCUT2D eigenvalue weighted by molar-refractivity contribution is -0.137. The van der Waals surface area contributed by atoms with Gasteiger partial charge in [0.15, 0.2) is 0 Å². The molecule has 0 saturated carbocycles. The van der Waals surface area contributed by atoms with E-state index in [0.717, 1.165) is 6.42 Å². The minimum atomic E-state index is -0.789. The normalized spacial score (nSPS) is 23.9. The van der Waals surface area contributed by atoms with Crippen molar-refractivity contribution < 1.29 is 14.7 Å². The van der Waals surface area contributed by atoms with Crippen molar-refractivity contribution in [3.63, 3.8) is 0 Å². The Morgan fingerprint density at radius 2 is 2.16 bits per heavy atom. The van der Waals surface area contributed by atoms with Gasteiger partial charge in [0, 0.05) is 24.3 Å². The fraction of sp³-hybridized carbons (Fsp3) is 0.846. The molecule has 0 aromatic carbocycles. The highest BCUT2D eigenvalue weighted by Crippen LogP contribution is 2.36. The molecule has 2 atom stereocenters. The predicted molar refractivity (Wildman–Crippen MR) is 77.5 cm³/mol.